The number of nitrogens with zero attached hydrogens (tertiary/aromatic N) is 2. The molecular formula is C21H18F2N4O2. The quantitative estimate of drug-likeness (QED) is 0.691. The number of aromatic nitrogens is 2. The van der Waals surface area contributed by atoms with Crippen molar-refractivity contribution in [1.29, 1.82) is 0 Å². The maximum Gasteiger partial charge on any atom is 0.274 e. The minimum atomic E-state index is -0.747. The number of carbonyl (C=O) groups excluding carboxylic acids is 1. The molecule has 0 aliphatic carbocycles. The summed E-state index contributed by atoms with van der Waals surface area (Å²) in [6.07, 6.45) is 3.94. The molecule has 1 amide bonds. The average molecular weight is 396 g/mol. The van der Waals surface area contributed by atoms with Crippen LogP contribution in [0.3, 0.4) is 0 Å². The lowest BCUT2D eigenvalue weighted by Gasteiger charge is -2.16. The van der Waals surface area contributed by atoms with E-state index in [1.165, 1.54) is 30.5 Å². The monoisotopic (exact) mass is 396 g/mol. The van der Waals surface area contributed by atoms with Crippen LogP contribution in [-0.2, 0) is 0 Å². The highest BCUT2D eigenvalue weighted by atomic mass is 19.1. The van der Waals surface area contributed by atoms with Crippen LogP contribution in [0.1, 0.15) is 16.9 Å². The Balaban J connectivity index is 1.57. The van der Waals surface area contributed by atoms with Crippen LogP contribution in [0.5, 0.6) is 5.75 Å². The molecule has 148 valence electrons. The van der Waals surface area contributed by atoms with Gasteiger partial charge in [-0.25, -0.2) is 13.8 Å². The first kappa shape index (κ1) is 18.9. The highest BCUT2D eigenvalue weighted by Crippen LogP contribution is 2.27. The van der Waals surface area contributed by atoms with Gasteiger partial charge in [0.25, 0.3) is 5.91 Å². The van der Waals surface area contributed by atoms with E-state index in [9.17, 15) is 13.6 Å². The molecular weight excluding hydrogens is 378 g/mol. The molecule has 1 fully saturated rings. The van der Waals surface area contributed by atoms with Gasteiger partial charge in [0, 0.05) is 18.8 Å². The minimum Gasteiger partial charge on any atom is -0.487 e. The van der Waals surface area contributed by atoms with Crippen molar-refractivity contribution in [2.24, 2.45) is 0 Å². The van der Waals surface area contributed by atoms with Crippen LogP contribution in [0.15, 0.2) is 54.9 Å². The van der Waals surface area contributed by atoms with E-state index in [0.717, 1.165) is 31.6 Å². The Kier molecular flexibility index (Phi) is 5.44. The van der Waals surface area contributed by atoms with E-state index in [1.807, 2.05) is 0 Å². The third-order valence-corrected chi connectivity index (χ3v) is 4.54. The van der Waals surface area contributed by atoms with Crippen LogP contribution in [0.25, 0.3) is 11.3 Å². The molecule has 0 radical (unpaired) electrons. The first-order valence-electron chi connectivity index (χ1n) is 9.16. The molecule has 1 aliphatic rings. The number of ether oxygens (including phenoxy) is 1. The summed E-state index contributed by atoms with van der Waals surface area (Å²) in [5.41, 5.74) is 0.172. The highest BCUT2D eigenvalue weighted by Gasteiger charge is 2.19. The lowest BCUT2D eigenvalue weighted by molar-refractivity contribution is 0.102. The van der Waals surface area contributed by atoms with Gasteiger partial charge in [0.15, 0.2) is 0 Å². The Labute approximate surface area is 166 Å². The zero-order valence-electron chi connectivity index (χ0n) is 15.4. The van der Waals surface area contributed by atoms with Crippen LogP contribution in [0.4, 0.5) is 14.5 Å². The van der Waals surface area contributed by atoms with Crippen molar-refractivity contribution >= 4 is 11.6 Å². The van der Waals surface area contributed by atoms with E-state index in [0.29, 0.717) is 11.4 Å². The average Bonchev–Trinajstić information content (AvgIpc) is 3.23. The van der Waals surface area contributed by atoms with Gasteiger partial charge in [-0.3, -0.25) is 9.78 Å². The summed E-state index contributed by atoms with van der Waals surface area (Å²) in [6.45, 7) is 1.61. The molecule has 2 aromatic heterocycles. The summed E-state index contributed by atoms with van der Waals surface area (Å²) >= 11 is 0. The Bertz CT molecular complexity index is 1020. The van der Waals surface area contributed by atoms with Crippen molar-refractivity contribution in [1.82, 2.24) is 15.3 Å². The molecule has 8 heteroatoms. The molecule has 3 aromatic rings. The van der Waals surface area contributed by atoms with E-state index in [2.05, 4.69) is 20.6 Å². The number of halogens is 2. The van der Waals surface area contributed by atoms with Crippen LogP contribution in [-0.4, -0.2) is 35.1 Å². The van der Waals surface area contributed by atoms with Gasteiger partial charge in [0.05, 0.1) is 17.5 Å². The summed E-state index contributed by atoms with van der Waals surface area (Å²) in [4.78, 5) is 20.9. The molecule has 4 rings (SSSR count). The number of carbonyl (C=O) groups is 1. The fourth-order valence-corrected chi connectivity index (χ4v) is 3.12. The minimum absolute atomic E-state index is 0.0125. The Morgan fingerprint density at radius 2 is 1.93 bits per heavy atom. The molecule has 29 heavy (non-hydrogen) atoms. The normalized spacial score (nSPS) is 15.9. The summed E-state index contributed by atoms with van der Waals surface area (Å²) in [7, 11) is 0. The highest BCUT2D eigenvalue weighted by molar-refractivity contribution is 6.03. The standard InChI is InChI=1S/C21H18F2N4O2/c22-14-3-1-4-15(23)20(14)16-5-2-6-17(26-16)21(28)27-18-12-25-10-8-19(18)29-13-7-9-24-11-13/h1-6,8,10,12-13,24H,7,9,11H2,(H,27,28). The first-order chi connectivity index (χ1) is 14.1. The van der Waals surface area contributed by atoms with E-state index in [4.69, 9.17) is 4.74 Å². The summed E-state index contributed by atoms with van der Waals surface area (Å²) in [6, 6.07) is 9.67. The number of hydrogen-bond acceptors (Lipinski definition) is 5. The number of rotatable bonds is 5. The molecule has 1 atom stereocenters. The SMILES string of the molecule is O=C(Nc1cnccc1OC1CCNC1)c1cccc(-c2c(F)cccc2F)n1. The van der Waals surface area contributed by atoms with E-state index in [-0.39, 0.29) is 23.1 Å². The maximum absolute atomic E-state index is 14.1. The van der Waals surface area contributed by atoms with Gasteiger partial charge in [-0.15, -0.1) is 0 Å². The zero-order valence-corrected chi connectivity index (χ0v) is 15.4. The van der Waals surface area contributed by atoms with Gasteiger partial charge < -0.3 is 15.4 Å². The van der Waals surface area contributed by atoms with E-state index in [1.54, 1.807) is 12.3 Å². The molecule has 6 nitrogen and oxygen atoms in total. The second-order valence-electron chi connectivity index (χ2n) is 6.56. The number of amides is 1. The van der Waals surface area contributed by atoms with Gasteiger partial charge in [-0.2, -0.15) is 0 Å². The fourth-order valence-electron chi connectivity index (χ4n) is 3.12. The van der Waals surface area contributed by atoms with Gasteiger partial charge in [0.1, 0.15) is 34.9 Å². The Morgan fingerprint density at radius 3 is 2.69 bits per heavy atom. The molecule has 1 unspecified atom stereocenters. The van der Waals surface area contributed by atoms with Crippen LogP contribution < -0.4 is 15.4 Å². The lowest BCUT2D eigenvalue weighted by Crippen LogP contribution is -2.21. The van der Waals surface area contributed by atoms with Crippen molar-refractivity contribution in [3.05, 3.63) is 72.2 Å². The fraction of sp³-hybridized carbons (Fsp3) is 0.190. The molecule has 3 heterocycles. The number of nitrogens with one attached hydrogen (secondary N) is 2. The number of benzene rings is 1. The predicted octanol–water partition coefficient (Wildman–Crippen LogP) is 3.41. The largest absolute Gasteiger partial charge is 0.487 e. The number of anilines is 1. The summed E-state index contributed by atoms with van der Waals surface area (Å²) in [5, 5.41) is 5.92. The lowest BCUT2D eigenvalue weighted by atomic mass is 10.1. The third kappa shape index (κ3) is 4.22. The molecule has 1 saturated heterocycles. The molecule has 0 spiro atoms. The topological polar surface area (TPSA) is 76.1 Å². The predicted molar refractivity (Wildman–Crippen MR) is 104 cm³/mol. The maximum atomic E-state index is 14.1. The van der Waals surface area contributed by atoms with Gasteiger partial charge in [-0.1, -0.05) is 12.1 Å². The van der Waals surface area contributed by atoms with Gasteiger partial charge >= 0.3 is 0 Å². The smallest absolute Gasteiger partial charge is 0.274 e. The first-order valence-corrected chi connectivity index (χ1v) is 9.16. The molecule has 0 saturated carbocycles. The van der Waals surface area contributed by atoms with Crippen LogP contribution in [0.2, 0.25) is 0 Å². The second kappa shape index (κ2) is 8.32. The van der Waals surface area contributed by atoms with Gasteiger partial charge in [-0.05, 0) is 37.2 Å². The summed E-state index contributed by atoms with van der Waals surface area (Å²) in [5.74, 6) is -1.53. The van der Waals surface area contributed by atoms with Crippen molar-refractivity contribution in [2.75, 3.05) is 18.4 Å². The Hall–Kier alpha value is -3.39. The van der Waals surface area contributed by atoms with Crippen molar-refractivity contribution < 1.29 is 18.3 Å². The second-order valence-corrected chi connectivity index (χ2v) is 6.56. The molecule has 0 bridgehead atoms. The van der Waals surface area contributed by atoms with Crippen molar-refractivity contribution in [3.8, 4) is 17.0 Å². The summed E-state index contributed by atoms with van der Waals surface area (Å²) < 4.78 is 34.0. The van der Waals surface area contributed by atoms with E-state index < -0.39 is 17.5 Å². The van der Waals surface area contributed by atoms with Gasteiger partial charge in [0.2, 0.25) is 0 Å². The van der Waals surface area contributed by atoms with Crippen LogP contribution >= 0.6 is 0 Å². The molecule has 1 aromatic carbocycles. The van der Waals surface area contributed by atoms with Crippen molar-refractivity contribution in [2.45, 2.75) is 12.5 Å². The Morgan fingerprint density at radius 1 is 1.14 bits per heavy atom. The van der Waals surface area contributed by atoms with Crippen molar-refractivity contribution in [3.63, 3.8) is 0 Å². The van der Waals surface area contributed by atoms with E-state index >= 15 is 0 Å². The number of pyridine rings is 2. The molecule has 1 aliphatic heterocycles. The number of hydrogen-bond donors (Lipinski definition) is 2. The molecule has 2 N–H and O–H groups in total. The third-order valence-electron chi connectivity index (χ3n) is 4.54. The zero-order chi connectivity index (χ0) is 20.2. The van der Waals surface area contributed by atoms with Crippen LogP contribution in [0, 0.1) is 11.6 Å².